The lowest BCUT2D eigenvalue weighted by Crippen LogP contribution is -2.04. The SMILES string of the molecule is O=C(/C=C(O)/C=C/c1ccc(O)cc1)CC(O)c1ccc(O)cc1. The van der Waals surface area contributed by atoms with Gasteiger partial charge in [0.05, 0.1) is 6.10 Å². The normalized spacial score (nSPS) is 13.1. The summed E-state index contributed by atoms with van der Waals surface area (Å²) in [5.41, 5.74) is 1.26. The fraction of sp³-hybridized carbons (Fsp3) is 0.105. The maximum atomic E-state index is 11.8. The van der Waals surface area contributed by atoms with Gasteiger partial charge in [-0.15, -0.1) is 0 Å². The predicted molar refractivity (Wildman–Crippen MR) is 90.5 cm³/mol. The molecule has 24 heavy (non-hydrogen) atoms. The summed E-state index contributed by atoms with van der Waals surface area (Å²) in [6, 6.07) is 12.3. The highest BCUT2D eigenvalue weighted by Gasteiger charge is 2.12. The van der Waals surface area contributed by atoms with Gasteiger partial charge in [-0.2, -0.15) is 0 Å². The Morgan fingerprint density at radius 3 is 2.08 bits per heavy atom. The van der Waals surface area contributed by atoms with E-state index < -0.39 is 11.9 Å². The largest absolute Gasteiger partial charge is 0.508 e. The van der Waals surface area contributed by atoms with Gasteiger partial charge >= 0.3 is 0 Å². The molecule has 124 valence electrons. The van der Waals surface area contributed by atoms with Crippen molar-refractivity contribution in [3.63, 3.8) is 0 Å². The Morgan fingerprint density at radius 1 is 0.958 bits per heavy atom. The van der Waals surface area contributed by atoms with Crippen molar-refractivity contribution in [3.8, 4) is 11.5 Å². The number of allylic oxidation sites excluding steroid dienone is 2. The van der Waals surface area contributed by atoms with Gasteiger partial charge in [0.2, 0.25) is 0 Å². The molecule has 4 N–H and O–H groups in total. The van der Waals surface area contributed by atoms with Gasteiger partial charge < -0.3 is 20.4 Å². The molecule has 1 unspecified atom stereocenters. The summed E-state index contributed by atoms with van der Waals surface area (Å²) in [4.78, 5) is 11.8. The monoisotopic (exact) mass is 326 g/mol. The van der Waals surface area contributed by atoms with E-state index >= 15 is 0 Å². The van der Waals surface area contributed by atoms with Crippen LogP contribution in [0, 0.1) is 0 Å². The number of hydrogen-bond donors (Lipinski definition) is 4. The molecule has 0 aromatic heterocycles. The van der Waals surface area contributed by atoms with Crippen LogP contribution in [-0.2, 0) is 4.79 Å². The molecule has 0 saturated carbocycles. The number of ketones is 1. The van der Waals surface area contributed by atoms with Gasteiger partial charge in [0.15, 0.2) is 5.78 Å². The lowest BCUT2D eigenvalue weighted by atomic mass is 10.0. The molecule has 1 atom stereocenters. The third kappa shape index (κ3) is 5.30. The molecular weight excluding hydrogens is 308 g/mol. The summed E-state index contributed by atoms with van der Waals surface area (Å²) >= 11 is 0. The number of aromatic hydroxyl groups is 2. The molecule has 2 aromatic carbocycles. The van der Waals surface area contributed by atoms with E-state index in [-0.39, 0.29) is 23.7 Å². The van der Waals surface area contributed by atoms with Gasteiger partial charge in [0.1, 0.15) is 17.3 Å². The Balaban J connectivity index is 1.95. The number of rotatable bonds is 6. The van der Waals surface area contributed by atoms with Gasteiger partial charge in [-0.25, -0.2) is 0 Å². The van der Waals surface area contributed by atoms with Crippen molar-refractivity contribution in [1.29, 1.82) is 0 Å². The molecule has 2 aromatic rings. The first-order chi connectivity index (χ1) is 11.4. The van der Waals surface area contributed by atoms with Crippen LogP contribution in [0.15, 0.2) is 66.4 Å². The number of phenols is 2. The first-order valence-electron chi connectivity index (χ1n) is 7.31. The maximum absolute atomic E-state index is 11.8. The number of aliphatic hydroxyl groups excluding tert-OH is 2. The van der Waals surface area contributed by atoms with Gasteiger partial charge in [-0.05, 0) is 41.5 Å². The number of benzene rings is 2. The molecule has 5 nitrogen and oxygen atoms in total. The Morgan fingerprint density at radius 2 is 1.50 bits per heavy atom. The summed E-state index contributed by atoms with van der Waals surface area (Å²) in [5, 5.41) is 38.1. The number of aliphatic hydroxyl groups is 2. The minimum atomic E-state index is -1.01. The second kappa shape index (κ2) is 7.99. The summed E-state index contributed by atoms with van der Waals surface area (Å²) < 4.78 is 0. The van der Waals surface area contributed by atoms with E-state index in [0.717, 1.165) is 11.6 Å². The predicted octanol–water partition coefficient (Wildman–Crippen LogP) is 3.25. The van der Waals surface area contributed by atoms with Crippen molar-refractivity contribution < 1.29 is 25.2 Å². The third-order valence-corrected chi connectivity index (χ3v) is 3.32. The molecule has 0 aliphatic heterocycles. The highest BCUT2D eigenvalue weighted by atomic mass is 16.3. The van der Waals surface area contributed by atoms with Crippen molar-refractivity contribution >= 4 is 11.9 Å². The molecule has 0 spiro atoms. The Hall–Kier alpha value is -3.05. The number of phenolic OH excluding ortho intramolecular Hbond substituents is 2. The summed E-state index contributed by atoms with van der Waals surface area (Å²) in [7, 11) is 0. The van der Waals surface area contributed by atoms with Gasteiger partial charge in [0.25, 0.3) is 0 Å². The first kappa shape index (κ1) is 17.3. The van der Waals surface area contributed by atoms with E-state index in [0.29, 0.717) is 5.56 Å². The molecule has 0 amide bonds. The van der Waals surface area contributed by atoms with Crippen LogP contribution in [0.5, 0.6) is 11.5 Å². The lowest BCUT2D eigenvalue weighted by Gasteiger charge is -2.08. The van der Waals surface area contributed by atoms with E-state index in [2.05, 4.69) is 0 Å². The fourth-order valence-corrected chi connectivity index (χ4v) is 2.04. The highest BCUT2D eigenvalue weighted by molar-refractivity contribution is 5.91. The summed E-state index contributed by atoms with van der Waals surface area (Å²) in [6.07, 6.45) is 2.80. The van der Waals surface area contributed by atoms with Crippen LogP contribution in [0.4, 0.5) is 0 Å². The zero-order valence-corrected chi connectivity index (χ0v) is 12.8. The lowest BCUT2D eigenvalue weighted by molar-refractivity contribution is -0.116. The molecule has 0 fully saturated rings. The molecular formula is C19H18O5. The quantitative estimate of drug-likeness (QED) is 0.371. The summed E-state index contributed by atoms with van der Waals surface area (Å²) in [6.45, 7) is 0. The van der Waals surface area contributed by atoms with Crippen molar-refractivity contribution in [2.24, 2.45) is 0 Å². The van der Waals surface area contributed by atoms with Crippen molar-refractivity contribution in [1.82, 2.24) is 0 Å². The average Bonchev–Trinajstić information content (AvgIpc) is 2.54. The topological polar surface area (TPSA) is 98.0 Å². The van der Waals surface area contributed by atoms with E-state index in [1.807, 2.05) is 0 Å². The Kier molecular flexibility index (Phi) is 5.76. The number of hydrogen-bond acceptors (Lipinski definition) is 5. The van der Waals surface area contributed by atoms with Crippen LogP contribution < -0.4 is 0 Å². The highest BCUT2D eigenvalue weighted by Crippen LogP contribution is 2.20. The minimum absolute atomic E-state index is 0.0779. The Labute approximate surface area is 139 Å². The third-order valence-electron chi connectivity index (χ3n) is 3.32. The van der Waals surface area contributed by atoms with Crippen LogP contribution in [0.1, 0.15) is 23.7 Å². The molecule has 0 aliphatic carbocycles. The van der Waals surface area contributed by atoms with Crippen LogP contribution in [-0.4, -0.2) is 26.2 Å². The number of carbonyl (C=O) groups is 1. The van der Waals surface area contributed by atoms with Crippen molar-refractivity contribution in [2.45, 2.75) is 12.5 Å². The molecule has 2 rings (SSSR count). The first-order valence-corrected chi connectivity index (χ1v) is 7.31. The van der Waals surface area contributed by atoms with Crippen LogP contribution in [0.25, 0.3) is 6.08 Å². The summed E-state index contributed by atoms with van der Waals surface area (Å²) in [5.74, 6) is -0.436. The van der Waals surface area contributed by atoms with Crippen LogP contribution >= 0.6 is 0 Å². The molecule has 0 heterocycles. The second-order valence-corrected chi connectivity index (χ2v) is 5.27. The molecule has 0 aliphatic rings. The fourth-order valence-electron chi connectivity index (χ4n) is 2.04. The molecule has 0 bridgehead atoms. The van der Waals surface area contributed by atoms with E-state index in [4.69, 9.17) is 0 Å². The van der Waals surface area contributed by atoms with Gasteiger partial charge in [-0.3, -0.25) is 4.79 Å². The van der Waals surface area contributed by atoms with Gasteiger partial charge in [0, 0.05) is 12.5 Å². The van der Waals surface area contributed by atoms with E-state index in [9.17, 15) is 25.2 Å². The number of carbonyl (C=O) groups excluding carboxylic acids is 1. The van der Waals surface area contributed by atoms with Gasteiger partial charge in [-0.1, -0.05) is 30.3 Å². The van der Waals surface area contributed by atoms with Crippen molar-refractivity contribution in [2.75, 3.05) is 0 Å². The molecule has 0 radical (unpaired) electrons. The molecule has 5 heteroatoms. The minimum Gasteiger partial charge on any atom is -0.508 e. The molecule has 0 saturated heterocycles. The average molecular weight is 326 g/mol. The van der Waals surface area contributed by atoms with Crippen LogP contribution in [0.3, 0.4) is 0 Å². The van der Waals surface area contributed by atoms with Crippen molar-refractivity contribution in [3.05, 3.63) is 77.6 Å². The smallest absolute Gasteiger partial charge is 0.162 e. The Bertz CT molecular complexity index is 742. The zero-order valence-electron chi connectivity index (χ0n) is 12.8. The van der Waals surface area contributed by atoms with Crippen LogP contribution in [0.2, 0.25) is 0 Å². The van der Waals surface area contributed by atoms with E-state index in [1.54, 1.807) is 18.2 Å². The maximum Gasteiger partial charge on any atom is 0.162 e. The zero-order chi connectivity index (χ0) is 17.5. The van der Waals surface area contributed by atoms with E-state index in [1.165, 1.54) is 42.5 Å². The second-order valence-electron chi connectivity index (χ2n) is 5.27. The standard InChI is InChI=1S/C19H18O5/c20-15-6-1-13(2-7-15)3-8-17(22)11-18(23)12-19(24)14-4-9-16(21)10-5-14/h1-11,19-22,24H,12H2/b8-3+,17-11-.